The van der Waals surface area contributed by atoms with Gasteiger partial charge in [0.2, 0.25) is 5.91 Å². The number of aromatic nitrogens is 1. The maximum Gasteiger partial charge on any atom is 0.226 e. The van der Waals surface area contributed by atoms with E-state index >= 15 is 0 Å². The average Bonchev–Trinajstić information content (AvgIpc) is 3.13. The van der Waals surface area contributed by atoms with Crippen molar-refractivity contribution in [3.05, 3.63) is 18.2 Å². The number of thiazole rings is 1. The summed E-state index contributed by atoms with van der Waals surface area (Å²) in [5.41, 5.74) is 0.883. The summed E-state index contributed by atoms with van der Waals surface area (Å²) in [5.74, 6) is 0.839. The Bertz CT molecular complexity index is 641. The Morgan fingerprint density at radius 1 is 1.55 bits per heavy atom. The van der Waals surface area contributed by atoms with Gasteiger partial charge in [0.05, 0.1) is 17.3 Å². The molecular formula is C15H20ClN3O2S. The van der Waals surface area contributed by atoms with Crippen LogP contribution in [-0.2, 0) is 4.79 Å². The predicted octanol–water partition coefficient (Wildman–Crippen LogP) is 3.20. The Kier molecular flexibility index (Phi) is 5.99. The van der Waals surface area contributed by atoms with Crippen LogP contribution in [0.25, 0.3) is 10.2 Å². The van der Waals surface area contributed by atoms with E-state index in [-0.39, 0.29) is 18.3 Å². The number of halogens is 1. The minimum atomic E-state index is 0. The lowest BCUT2D eigenvalue weighted by atomic mass is 10.1. The Labute approximate surface area is 139 Å². The summed E-state index contributed by atoms with van der Waals surface area (Å²) >= 11 is 1.47. The van der Waals surface area contributed by atoms with Crippen LogP contribution in [0.5, 0.6) is 5.75 Å². The maximum absolute atomic E-state index is 12.0. The van der Waals surface area contributed by atoms with E-state index in [1.165, 1.54) is 24.2 Å². The monoisotopic (exact) mass is 341 g/mol. The lowest BCUT2D eigenvalue weighted by Gasteiger charge is -2.08. The summed E-state index contributed by atoms with van der Waals surface area (Å²) in [5, 5.41) is 6.95. The SMILES string of the molecule is COc1ccc2nc(NC(=O)CCC3CCCN3)sc2c1.Cl. The number of carbonyl (C=O) groups excluding carboxylic acids is 1. The van der Waals surface area contributed by atoms with Gasteiger partial charge in [0, 0.05) is 12.5 Å². The highest BCUT2D eigenvalue weighted by Crippen LogP contribution is 2.29. The maximum atomic E-state index is 12.0. The van der Waals surface area contributed by atoms with E-state index in [1.807, 2.05) is 18.2 Å². The number of methoxy groups -OCH3 is 1. The van der Waals surface area contributed by atoms with Crippen molar-refractivity contribution in [2.45, 2.75) is 31.7 Å². The van der Waals surface area contributed by atoms with Crippen LogP contribution >= 0.6 is 23.7 Å². The molecule has 0 spiro atoms. The van der Waals surface area contributed by atoms with Crippen molar-refractivity contribution in [3.8, 4) is 5.75 Å². The van der Waals surface area contributed by atoms with E-state index < -0.39 is 0 Å². The van der Waals surface area contributed by atoms with Crippen LogP contribution in [0.4, 0.5) is 5.13 Å². The van der Waals surface area contributed by atoms with Crippen LogP contribution in [0, 0.1) is 0 Å². The van der Waals surface area contributed by atoms with Gasteiger partial charge in [-0.2, -0.15) is 0 Å². The third-order valence-electron chi connectivity index (χ3n) is 3.72. The molecule has 1 unspecified atom stereocenters. The molecular weight excluding hydrogens is 322 g/mol. The van der Waals surface area contributed by atoms with E-state index in [0.717, 1.165) is 28.9 Å². The Balaban J connectivity index is 0.00000176. The van der Waals surface area contributed by atoms with Crippen molar-refractivity contribution in [3.63, 3.8) is 0 Å². The van der Waals surface area contributed by atoms with Gasteiger partial charge in [0.15, 0.2) is 5.13 Å². The minimum absolute atomic E-state index is 0. The molecule has 1 aromatic heterocycles. The summed E-state index contributed by atoms with van der Waals surface area (Å²) in [4.78, 5) is 16.4. The van der Waals surface area contributed by atoms with Crippen molar-refractivity contribution in [1.82, 2.24) is 10.3 Å². The van der Waals surface area contributed by atoms with Gasteiger partial charge in [-0.05, 0) is 44.0 Å². The van der Waals surface area contributed by atoms with E-state index in [0.29, 0.717) is 17.6 Å². The van der Waals surface area contributed by atoms with Gasteiger partial charge >= 0.3 is 0 Å². The van der Waals surface area contributed by atoms with Crippen LogP contribution in [0.15, 0.2) is 18.2 Å². The third-order valence-corrected chi connectivity index (χ3v) is 4.66. The molecule has 1 fully saturated rings. The number of hydrogen-bond acceptors (Lipinski definition) is 5. The Morgan fingerprint density at radius 2 is 2.41 bits per heavy atom. The lowest BCUT2D eigenvalue weighted by Crippen LogP contribution is -2.23. The normalized spacial score (nSPS) is 17.2. The van der Waals surface area contributed by atoms with Crippen molar-refractivity contribution >= 4 is 45.0 Å². The highest BCUT2D eigenvalue weighted by atomic mass is 35.5. The molecule has 2 aromatic rings. The molecule has 22 heavy (non-hydrogen) atoms. The topological polar surface area (TPSA) is 63.2 Å². The summed E-state index contributed by atoms with van der Waals surface area (Å²) in [6, 6.07) is 6.21. The van der Waals surface area contributed by atoms with Gasteiger partial charge in [-0.3, -0.25) is 4.79 Å². The largest absolute Gasteiger partial charge is 0.497 e. The summed E-state index contributed by atoms with van der Waals surface area (Å²) in [6.07, 6.45) is 3.82. The molecule has 2 N–H and O–H groups in total. The highest BCUT2D eigenvalue weighted by molar-refractivity contribution is 7.22. The second-order valence-corrected chi connectivity index (χ2v) is 6.26. The summed E-state index contributed by atoms with van der Waals surface area (Å²) in [6.45, 7) is 1.08. The molecule has 1 aliphatic heterocycles. The standard InChI is InChI=1S/C15H19N3O2S.ClH/c1-20-11-5-6-12-13(9-11)21-15(17-12)18-14(19)7-4-10-3-2-8-16-10;/h5-6,9-10,16H,2-4,7-8H2,1H3,(H,17,18,19);1H. The van der Waals surface area contributed by atoms with Crippen LogP contribution in [-0.4, -0.2) is 30.6 Å². The number of fused-ring (bicyclic) bond motifs is 1. The number of nitrogens with one attached hydrogen (secondary N) is 2. The first kappa shape index (κ1) is 17.0. The zero-order valence-electron chi connectivity index (χ0n) is 12.4. The fraction of sp³-hybridized carbons (Fsp3) is 0.467. The second-order valence-electron chi connectivity index (χ2n) is 5.23. The van der Waals surface area contributed by atoms with Crippen molar-refractivity contribution in [2.24, 2.45) is 0 Å². The molecule has 0 saturated carbocycles. The zero-order valence-corrected chi connectivity index (χ0v) is 14.1. The average molecular weight is 342 g/mol. The minimum Gasteiger partial charge on any atom is -0.497 e. The van der Waals surface area contributed by atoms with Crippen LogP contribution in [0.3, 0.4) is 0 Å². The highest BCUT2D eigenvalue weighted by Gasteiger charge is 2.16. The van der Waals surface area contributed by atoms with Gasteiger partial charge in [-0.1, -0.05) is 11.3 Å². The molecule has 0 bridgehead atoms. The smallest absolute Gasteiger partial charge is 0.226 e. The number of rotatable bonds is 5. The molecule has 1 aliphatic rings. The molecule has 0 radical (unpaired) electrons. The van der Waals surface area contributed by atoms with E-state index in [1.54, 1.807) is 7.11 Å². The number of carbonyl (C=O) groups is 1. The summed E-state index contributed by atoms with van der Waals surface area (Å²) in [7, 11) is 1.64. The van der Waals surface area contributed by atoms with Crippen LogP contribution in [0.2, 0.25) is 0 Å². The van der Waals surface area contributed by atoms with Gasteiger partial charge < -0.3 is 15.4 Å². The lowest BCUT2D eigenvalue weighted by molar-refractivity contribution is -0.116. The number of nitrogens with zero attached hydrogens (tertiary/aromatic N) is 1. The van der Waals surface area contributed by atoms with Crippen molar-refractivity contribution < 1.29 is 9.53 Å². The second kappa shape index (κ2) is 7.76. The third kappa shape index (κ3) is 4.09. The van der Waals surface area contributed by atoms with E-state index in [9.17, 15) is 4.79 Å². The van der Waals surface area contributed by atoms with Crippen molar-refractivity contribution in [2.75, 3.05) is 19.0 Å². The van der Waals surface area contributed by atoms with E-state index in [4.69, 9.17) is 4.74 Å². The van der Waals surface area contributed by atoms with Gasteiger partial charge in [-0.25, -0.2) is 4.98 Å². The first-order valence-electron chi connectivity index (χ1n) is 7.22. The van der Waals surface area contributed by atoms with Crippen LogP contribution in [0.1, 0.15) is 25.7 Å². The molecule has 120 valence electrons. The number of ether oxygens (including phenoxy) is 1. The molecule has 1 atom stereocenters. The first-order valence-corrected chi connectivity index (χ1v) is 8.04. The van der Waals surface area contributed by atoms with Gasteiger partial charge in [0.1, 0.15) is 5.75 Å². The molecule has 1 amide bonds. The first-order chi connectivity index (χ1) is 10.2. The molecule has 2 heterocycles. The van der Waals surface area contributed by atoms with Gasteiger partial charge in [0.25, 0.3) is 0 Å². The molecule has 1 aromatic carbocycles. The number of amides is 1. The zero-order chi connectivity index (χ0) is 14.7. The quantitative estimate of drug-likeness (QED) is 0.876. The Hall–Kier alpha value is -1.37. The van der Waals surface area contributed by atoms with Gasteiger partial charge in [-0.15, -0.1) is 12.4 Å². The molecule has 0 aliphatic carbocycles. The van der Waals surface area contributed by atoms with E-state index in [2.05, 4.69) is 15.6 Å². The number of anilines is 1. The fourth-order valence-corrected chi connectivity index (χ4v) is 3.49. The van der Waals surface area contributed by atoms with Crippen molar-refractivity contribution in [1.29, 1.82) is 0 Å². The number of hydrogen-bond donors (Lipinski definition) is 2. The summed E-state index contributed by atoms with van der Waals surface area (Å²) < 4.78 is 6.21. The molecule has 3 rings (SSSR count). The molecule has 1 saturated heterocycles. The number of benzene rings is 1. The predicted molar refractivity (Wildman–Crippen MR) is 92.3 cm³/mol. The van der Waals surface area contributed by atoms with Crippen LogP contribution < -0.4 is 15.4 Å². The Morgan fingerprint density at radius 3 is 3.14 bits per heavy atom. The molecule has 7 heteroatoms. The molecule has 5 nitrogen and oxygen atoms in total. The fourth-order valence-electron chi connectivity index (χ4n) is 2.58.